The van der Waals surface area contributed by atoms with Crippen molar-refractivity contribution in [2.75, 3.05) is 13.2 Å². The Morgan fingerprint density at radius 1 is 1.00 bits per heavy atom. The molecule has 1 rings (SSSR count). The van der Waals surface area contributed by atoms with Crippen molar-refractivity contribution in [3.8, 4) is 5.75 Å². The van der Waals surface area contributed by atoms with Gasteiger partial charge in [-0.05, 0) is 47.8 Å². The SMILES string of the molecule is CCOP(=O)(OCC)C(Cc1cc(C(C)(C)C)c(O)c(C(C)(C)C)c1)C(=O)O. The van der Waals surface area contributed by atoms with Crippen LogP contribution in [0.3, 0.4) is 0 Å². The topological polar surface area (TPSA) is 93.1 Å². The third-order valence-electron chi connectivity index (χ3n) is 4.50. The second kappa shape index (κ2) is 8.98. The Hall–Kier alpha value is -1.36. The van der Waals surface area contributed by atoms with Gasteiger partial charge in [-0.25, -0.2) is 0 Å². The average molecular weight is 414 g/mol. The summed E-state index contributed by atoms with van der Waals surface area (Å²) in [6, 6.07) is 3.59. The van der Waals surface area contributed by atoms with Gasteiger partial charge in [0, 0.05) is 0 Å². The highest BCUT2D eigenvalue weighted by Crippen LogP contribution is 2.54. The summed E-state index contributed by atoms with van der Waals surface area (Å²) in [4.78, 5) is 11.9. The monoisotopic (exact) mass is 414 g/mol. The quantitative estimate of drug-likeness (QED) is 0.565. The summed E-state index contributed by atoms with van der Waals surface area (Å²) in [6.45, 7) is 15.4. The molecule has 0 aliphatic heterocycles. The van der Waals surface area contributed by atoms with Crippen LogP contribution in [0.2, 0.25) is 0 Å². The molecule has 2 N–H and O–H groups in total. The maximum atomic E-state index is 13.1. The molecule has 6 nitrogen and oxygen atoms in total. The maximum Gasteiger partial charge on any atom is 0.345 e. The van der Waals surface area contributed by atoms with Crippen LogP contribution in [0.1, 0.15) is 72.1 Å². The first-order chi connectivity index (χ1) is 12.7. The van der Waals surface area contributed by atoms with Gasteiger partial charge < -0.3 is 19.3 Å². The first-order valence-corrected chi connectivity index (χ1v) is 11.3. The van der Waals surface area contributed by atoms with Gasteiger partial charge in [-0.15, -0.1) is 0 Å². The number of hydrogen-bond acceptors (Lipinski definition) is 5. The standard InChI is InChI=1S/C21H35O6P/c1-9-26-28(25,27-10-2)17(19(23)24)13-14-11-15(20(3,4)5)18(22)16(12-14)21(6,7)8/h11-12,17,22H,9-10,13H2,1-8H3,(H,23,24). The van der Waals surface area contributed by atoms with E-state index in [1.54, 1.807) is 26.0 Å². The van der Waals surface area contributed by atoms with Gasteiger partial charge in [0.05, 0.1) is 13.2 Å². The van der Waals surface area contributed by atoms with E-state index in [1.807, 2.05) is 41.5 Å². The van der Waals surface area contributed by atoms with Crippen LogP contribution in [-0.2, 0) is 35.7 Å². The molecule has 0 heterocycles. The van der Waals surface area contributed by atoms with E-state index >= 15 is 0 Å². The van der Waals surface area contributed by atoms with E-state index in [2.05, 4.69) is 0 Å². The molecule has 1 aromatic rings. The van der Waals surface area contributed by atoms with Gasteiger partial charge in [-0.2, -0.15) is 0 Å². The second-order valence-electron chi connectivity index (χ2n) is 8.97. The Labute approximate surface area is 168 Å². The lowest BCUT2D eigenvalue weighted by atomic mass is 9.78. The molecule has 1 atom stereocenters. The number of aromatic hydroxyl groups is 1. The van der Waals surface area contributed by atoms with E-state index in [-0.39, 0.29) is 36.2 Å². The first kappa shape index (κ1) is 24.7. The lowest BCUT2D eigenvalue weighted by Crippen LogP contribution is -2.26. The van der Waals surface area contributed by atoms with E-state index in [0.717, 1.165) is 11.1 Å². The summed E-state index contributed by atoms with van der Waals surface area (Å²) in [5.41, 5.74) is 0.116. The molecule has 0 aliphatic carbocycles. The predicted molar refractivity (Wildman–Crippen MR) is 111 cm³/mol. The van der Waals surface area contributed by atoms with E-state index in [0.29, 0.717) is 5.56 Å². The van der Waals surface area contributed by atoms with Gasteiger partial charge in [-0.3, -0.25) is 9.36 Å². The Bertz CT molecular complexity index is 697. The first-order valence-electron chi connectivity index (χ1n) is 9.65. The van der Waals surface area contributed by atoms with Gasteiger partial charge >= 0.3 is 13.6 Å². The number of phenols is 1. The molecule has 0 spiro atoms. The van der Waals surface area contributed by atoms with Crippen LogP contribution in [0, 0.1) is 0 Å². The zero-order valence-corrected chi connectivity index (χ0v) is 19.2. The largest absolute Gasteiger partial charge is 0.507 e. The molecule has 0 saturated carbocycles. The van der Waals surface area contributed by atoms with Crippen LogP contribution in [0.5, 0.6) is 5.75 Å². The Morgan fingerprint density at radius 3 is 1.68 bits per heavy atom. The lowest BCUT2D eigenvalue weighted by molar-refractivity contribution is -0.137. The number of phenolic OH excluding ortho intramolecular Hbond substituents is 1. The highest BCUT2D eigenvalue weighted by atomic mass is 31.2. The number of benzene rings is 1. The average Bonchev–Trinajstić information content (AvgIpc) is 2.51. The number of carboxylic acid groups (broad SMARTS) is 1. The summed E-state index contributed by atoms with van der Waals surface area (Å²) in [7, 11) is -3.84. The summed E-state index contributed by atoms with van der Waals surface area (Å²) >= 11 is 0. The third kappa shape index (κ3) is 5.82. The molecule has 28 heavy (non-hydrogen) atoms. The fourth-order valence-corrected chi connectivity index (χ4v) is 4.95. The van der Waals surface area contributed by atoms with Gasteiger partial charge in [0.25, 0.3) is 0 Å². The number of hydrogen-bond donors (Lipinski definition) is 2. The molecule has 0 aromatic heterocycles. The summed E-state index contributed by atoms with van der Waals surface area (Å²) in [5, 5.41) is 20.6. The fraction of sp³-hybridized carbons (Fsp3) is 0.667. The van der Waals surface area contributed by atoms with Crippen molar-refractivity contribution in [3.05, 3.63) is 28.8 Å². The molecule has 1 aromatic carbocycles. The molecule has 1 unspecified atom stereocenters. The fourth-order valence-electron chi connectivity index (χ4n) is 3.09. The highest BCUT2D eigenvalue weighted by Gasteiger charge is 2.41. The Kier molecular flexibility index (Phi) is 7.91. The van der Waals surface area contributed by atoms with Crippen LogP contribution in [0.4, 0.5) is 0 Å². The van der Waals surface area contributed by atoms with Crippen molar-refractivity contribution < 1.29 is 28.6 Å². The number of aliphatic carboxylic acids is 1. The summed E-state index contributed by atoms with van der Waals surface area (Å²) < 4.78 is 23.7. The summed E-state index contributed by atoms with van der Waals surface area (Å²) in [6.07, 6.45) is -0.0148. The Balaban J connectivity index is 3.57. The molecule has 160 valence electrons. The van der Waals surface area contributed by atoms with E-state index in [9.17, 15) is 19.6 Å². The van der Waals surface area contributed by atoms with Crippen LogP contribution in [0.25, 0.3) is 0 Å². The van der Waals surface area contributed by atoms with Crippen molar-refractivity contribution in [2.45, 2.75) is 78.3 Å². The van der Waals surface area contributed by atoms with Gasteiger partial charge in [0.2, 0.25) is 0 Å². The minimum atomic E-state index is -3.84. The van der Waals surface area contributed by atoms with Gasteiger partial charge in [-0.1, -0.05) is 53.7 Å². The Morgan fingerprint density at radius 2 is 1.39 bits per heavy atom. The number of rotatable bonds is 8. The van der Waals surface area contributed by atoms with Crippen LogP contribution in [-0.4, -0.2) is 35.1 Å². The molecular weight excluding hydrogens is 379 g/mol. The number of carboxylic acids is 1. The predicted octanol–water partition coefficient (Wildman–Crippen LogP) is 5.25. The molecule has 0 amide bonds. The van der Waals surface area contributed by atoms with E-state index < -0.39 is 19.2 Å². The van der Waals surface area contributed by atoms with Crippen molar-refractivity contribution in [1.82, 2.24) is 0 Å². The van der Waals surface area contributed by atoms with Crippen LogP contribution in [0.15, 0.2) is 12.1 Å². The van der Waals surface area contributed by atoms with Crippen LogP contribution < -0.4 is 0 Å². The van der Waals surface area contributed by atoms with E-state index in [1.165, 1.54) is 0 Å². The molecular formula is C21H35O6P. The third-order valence-corrected chi connectivity index (χ3v) is 6.90. The molecule has 0 radical (unpaired) electrons. The van der Waals surface area contributed by atoms with Crippen LogP contribution >= 0.6 is 7.60 Å². The van der Waals surface area contributed by atoms with Crippen molar-refractivity contribution in [3.63, 3.8) is 0 Å². The number of carbonyl (C=O) groups is 1. The molecule has 7 heteroatoms. The minimum Gasteiger partial charge on any atom is -0.507 e. The summed E-state index contributed by atoms with van der Waals surface area (Å²) in [5.74, 6) is -1.01. The van der Waals surface area contributed by atoms with E-state index in [4.69, 9.17) is 9.05 Å². The van der Waals surface area contributed by atoms with Crippen molar-refractivity contribution in [1.29, 1.82) is 0 Å². The van der Waals surface area contributed by atoms with Gasteiger partial charge in [0.15, 0.2) is 5.66 Å². The smallest absolute Gasteiger partial charge is 0.345 e. The second-order valence-corrected chi connectivity index (χ2v) is 11.2. The highest BCUT2D eigenvalue weighted by molar-refractivity contribution is 7.55. The minimum absolute atomic E-state index is 0.0148. The lowest BCUT2D eigenvalue weighted by Gasteiger charge is -2.29. The zero-order chi connectivity index (χ0) is 21.9. The maximum absolute atomic E-state index is 13.1. The zero-order valence-electron chi connectivity index (χ0n) is 18.3. The molecule has 0 saturated heterocycles. The van der Waals surface area contributed by atoms with Crippen molar-refractivity contribution >= 4 is 13.6 Å². The normalized spacial score (nSPS) is 14.1. The molecule has 0 fully saturated rings. The van der Waals surface area contributed by atoms with Crippen molar-refractivity contribution in [2.24, 2.45) is 0 Å². The van der Waals surface area contributed by atoms with Gasteiger partial charge in [0.1, 0.15) is 5.75 Å². The molecule has 0 bridgehead atoms. The molecule has 0 aliphatic rings.